The molecule has 5 heteroatoms. The molecule has 3 aromatic carbocycles. The Kier molecular flexibility index (Phi) is 5.84. The highest BCUT2D eigenvalue weighted by Gasteiger charge is 2.08. The molecule has 5 nitrogen and oxygen atoms in total. The van der Waals surface area contributed by atoms with Crippen molar-refractivity contribution in [2.24, 2.45) is 0 Å². The lowest BCUT2D eigenvalue weighted by Gasteiger charge is -2.08. The van der Waals surface area contributed by atoms with Crippen molar-refractivity contribution in [2.45, 2.75) is 6.61 Å². The number of hydrogen-bond donors (Lipinski definition) is 2. The zero-order valence-corrected chi connectivity index (χ0v) is 14.9. The summed E-state index contributed by atoms with van der Waals surface area (Å²) in [6.07, 6.45) is 0. The van der Waals surface area contributed by atoms with E-state index in [0.717, 1.165) is 5.56 Å². The van der Waals surface area contributed by atoms with Crippen LogP contribution in [0.15, 0.2) is 78.9 Å². The molecule has 0 aromatic heterocycles. The molecule has 0 saturated carbocycles. The quantitative estimate of drug-likeness (QED) is 0.701. The van der Waals surface area contributed by atoms with E-state index < -0.39 is 0 Å². The van der Waals surface area contributed by atoms with E-state index in [0.29, 0.717) is 29.2 Å². The van der Waals surface area contributed by atoms with Gasteiger partial charge in [0.25, 0.3) is 11.8 Å². The van der Waals surface area contributed by atoms with Crippen LogP contribution in [0.3, 0.4) is 0 Å². The van der Waals surface area contributed by atoms with Crippen LogP contribution in [0.25, 0.3) is 0 Å². The monoisotopic (exact) mass is 360 g/mol. The maximum absolute atomic E-state index is 12.3. The third-order valence-corrected chi connectivity index (χ3v) is 4.00. The maximum atomic E-state index is 12.3. The molecule has 0 unspecified atom stereocenters. The van der Waals surface area contributed by atoms with E-state index >= 15 is 0 Å². The topological polar surface area (TPSA) is 67.4 Å². The van der Waals surface area contributed by atoms with Gasteiger partial charge in [0.2, 0.25) is 0 Å². The summed E-state index contributed by atoms with van der Waals surface area (Å²) in [6, 6.07) is 23.6. The zero-order valence-electron chi connectivity index (χ0n) is 14.9. The lowest BCUT2D eigenvalue weighted by atomic mass is 10.1. The van der Waals surface area contributed by atoms with E-state index in [9.17, 15) is 9.59 Å². The van der Waals surface area contributed by atoms with Crippen LogP contribution in [0.1, 0.15) is 26.3 Å². The van der Waals surface area contributed by atoms with Gasteiger partial charge in [0.05, 0.1) is 0 Å². The number of amides is 2. The second-order valence-corrected chi connectivity index (χ2v) is 5.91. The Morgan fingerprint density at radius 2 is 1.37 bits per heavy atom. The fourth-order valence-electron chi connectivity index (χ4n) is 2.50. The van der Waals surface area contributed by atoms with Gasteiger partial charge in [-0.05, 0) is 54.1 Å². The number of carbonyl (C=O) groups is 2. The van der Waals surface area contributed by atoms with Crippen molar-refractivity contribution in [1.29, 1.82) is 0 Å². The highest BCUT2D eigenvalue weighted by Crippen LogP contribution is 2.16. The summed E-state index contributed by atoms with van der Waals surface area (Å²) in [6.45, 7) is 0.476. The van der Waals surface area contributed by atoms with Crippen LogP contribution < -0.4 is 15.4 Å². The molecule has 0 saturated heterocycles. The third-order valence-electron chi connectivity index (χ3n) is 4.00. The molecule has 0 heterocycles. The first-order valence-corrected chi connectivity index (χ1v) is 8.56. The van der Waals surface area contributed by atoms with E-state index in [1.807, 2.05) is 30.3 Å². The molecule has 3 aromatic rings. The number of ether oxygens (including phenoxy) is 1. The molecule has 0 spiro atoms. The first-order valence-electron chi connectivity index (χ1n) is 8.56. The van der Waals surface area contributed by atoms with Crippen molar-refractivity contribution in [3.63, 3.8) is 0 Å². The Bertz CT molecular complexity index is 905. The highest BCUT2D eigenvalue weighted by molar-refractivity contribution is 6.04. The Morgan fingerprint density at radius 3 is 2.00 bits per heavy atom. The first kappa shape index (κ1) is 18.2. The van der Waals surface area contributed by atoms with Gasteiger partial charge >= 0.3 is 0 Å². The molecular weight excluding hydrogens is 340 g/mol. The number of rotatable bonds is 6. The molecule has 3 rings (SSSR count). The molecule has 0 radical (unpaired) electrons. The third kappa shape index (κ3) is 4.95. The Balaban J connectivity index is 1.58. The molecule has 0 bridgehead atoms. The molecular formula is C22H20N2O3. The van der Waals surface area contributed by atoms with Crippen LogP contribution in [-0.2, 0) is 6.61 Å². The molecule has 27 heavy (non-hydrogen) atoms. The second kappa shape index (κ2) is 8.67. The van der Waals surface area contributed by atoms with Gasteiger partial charge < -0.3 is 15.4 Å². The normalized spacial score (nSPS) is 10.1. The lowest BCUT2D eigenvalue weighted by Crippen LogP contribution is -2.17. The lowest BCUT2D eigenvalue weighted by molar-refractivity contribution is 0.0962. The van der Waals surface area contributed by atoms with Gasteiger partial charge in [-0.1, -0.05) is 30.3 Å². The van der Waals surface area contributed by atoms with Crippen molar-refractivity contribution >= 4 is 17.5 Å². The van der Waals surface area contributed by atoms with Crippen molar-refractivity contribution in [3.8, 4) is 5.75 Å². The van der Waals surface area contributed by atoms with E-state index in [4.69, 9.17) is 4.74 Å². The summed E-state index contributed by atoms with van der Waals surface area (Å²) < 4.78 is 5.72. The van der Waals surface area contributed by atoms with Gasteiger partial charge in [-0.15, -0.1) is 0 Å². The van der Waals surface area contributed by atoms with Gasteiger partial charge in [-0.3, -0.25) is 9.59 Å². The summed E-state index contributed by atoms with van der Waals surface area (Å²) in [5.41, 5.74) is 2.77. The summed E-state index contributed by atoms with van der Waals surface area (Å²) in [7, 11) is 1.57. The number of anilines is 1. The molecule has 0 atom stereocenters. The largest absolute Gasteiger partial charge is 0.489 e. The molecule has 2 N–H and O–H groups in total. The van der Waals surface area contributed by atoms with Crippen molar-refractivity contribution in [1.82, 2.24) is 5.32 Å². The second-order valence-electron chi connectivity index (χ2n) is 5.91. The number of carbonyl (C=O) groups excluding carboxylic acids is 2. The van der Waals surface area contributed by atoms with Crippen LogP contribution in [0.2, 0.25) is 0 Å². The van der Waals surface area contributed by atoms with Crippen molar-refractivity contribution < 1.29 is 14.3 Å². The van der Waals surface area contributed by atoms with Gasteiger partial charge in [0, 0.05) is 23.9 Å². The summed E-state index contributed by atoms with van der Waals surface area (Å²) in [4.78, 5) is 23.9. The predicted octanol–water partition coefficient (Wildman–Crippen LogP) is 3.88. The first-order chi connectivity index (χ1) is 13.2. The van der Waals surface area contributed by atoms with Gasteiger partial charge in [0.15, 0.2) is 0 Å². The minimum Gasteiger partial charge on any atom is -0.489 e. The minimum absolute atomic E-state index is 0.168. The van der Waals surface area contributed by atoms with Gasteiger partial charge in [-0.25, -0.2) is 0 Å². The average molecular weight is 360 g/mol. The van der Waals surface area contributed by atoms with E-state index in [-0.39, 0.29) is 11.8 Å². The van der Waals surface area contributed by atoms with Crippen LogP contribution in [0.5, 0.6) is 5.75 Å². The Labute approximate surface area is 158 Å². The molecule has 136 valence electrons. The maximum Gasteiger partial charge on any atom is 0.255 e. The Hall–Kier alpha value is -3.60. The molecule has 0 fully saturated rings. The number of hydrogen-bond acceptors (Lipinski definition) is 3. The van der Waals surface area contributed by atoms with Gasteiger partial charge in [-0.2, -0.15) is 0 Å². The van der Waals surface area contributed by atoms with E-state index in [2.05, 4.69) is 10.6 Å². The summed E-state index contributed by atoms with van der Waals surface area (Å²) in [5.74, 6) is 0.307. The summed E-state index contributed by atoms with van der Waals surface area (Å²) >= 11 is 0. The molecule has 0 aliphatic carbocycles. The van der Waals surface area contributed by atoms with Crippen LogP contribution in [0.4, 0.5) is 5.69 Å². The van der Waals surface area contributed by atoms with Crippen molar-refractivity contribution in [2.75, 3.05) is 12.4 Å². The highest BCUT2D eigenvalue weighted by atomic mass is 16.5. The van der Waals surface area contributed by atoms with Crippen LogP contribution in [0, 0.1) is 0 Å². The minimum atomic E-state index is -0.225. The SMILES string of the molecule is CNC(=O)c1ccc(NC(=O)c2ccc(OCc3ccccc3)cc2)cc1. The number of nitrogens with one attached hydrogen (secondary N) is 2. The molecule has 0 aliphatic heterocycles. The Morgan fingerprint density at radius 1 is 0.778 bits per heavy atom. The predicted molar refractivity (Wildman–Crippen MR) is 105 cm³/mol. The number of benzene rings is 3. The van der Waals surface area contributed by atoms with Crippen molar-refractivity contribution in [3.05, 3.63) is 95.6 Å². The fraction of sp³-hybridized carbons (Fsp3) is 0.0909. The molecule has 2 amide bonds. The van der Waals surface area contributed by atoms with E-state index in [1.165, 1.54) is 0 Å². The zero-order chi connectivity index (χ0) is 19.1. The van der Waals surface area contributed by atoms with Gasteiger partial charge in [0.1, 0.15) is 12.4 Å². The average Bonchev–Trinajstić information content (AvgIpc) is 2.73. The standard InChI is InChI=1S/C22H20N2O3/c1-23-21(25)17-7-11-19(12-8-17)24-22(26)18-9-13-20(14-10-18)27-15-16-5-3-2-4-6-16/h2-14H,15H2,1H3,(H,23,25)(H,24,26). The fourth-order valence-corrected chi connectivity index (χ4v) is 2.50. The van der Waals surface area contributed by atoms with E-state index in [1.54, 1.807) is 55.6 Å². The molecule has 0 aliphatic rings. The smallest absolute Gasteiger partial charge is 0.255 e. The van der Waals surface area contributed by atoms with Crippen LogP contribution >= 0.6 is 0 Å². The van der Waals surface area contributed by atoms with Crippen LogP contribution in [-0.4, -0.2) is 18.9 Å². The summed E-state index contributed by atoms with van der Waals surface area (Å²) in [5, 5.41) is 5.36.